The van der Waals surface area contributed by atoms with Crippen LogP contribution in [0.15, 0.2) is 24.3 Å². The second kappa shape index (κ2) is 8.92. The molecule has 1 fully saturated rings. The van der Waals surface area contributed by atoms with Crippen LogP contribution in [0.25, 0.3) is 0 Å². The molecule has 1 aromatic carbocycles. The third-order valence-corrected chi connectivity index (χ3v) is 5.14. The van der Waals surface area contributed by atoms with Crippen LogP contribution < -0.4 is 15.0 Å². The summed E-state index contributed by atoms with van der Waals surface area (Å²) in [6, 6.07) is 7.21. The van der Waals surface area contributed by atoms with E-state index in [9.17, 15) is 9.59 Å². The number of amides is 2. The van der Waals surface area contributed by atoms with Crippen molar-refractivity contribution in [2.24, 2.45) is 5.92 Å². The molecule has 144 valence electrons. The lowest BCUT2D eigenvalue weighted by molar-refractivity contribution is -0.122. The van der Waals surface area contributed by atoms with Gasteiger partial charge in [0.05, 0.1) is 19.6 Å². The van der Waals surface area contributed by atoms with Gasteiger partial charge in [-0.25, -0.2) is 0 Å². The molecule has 2 amide bonds. The Balaban J connectivity index is 1.57. The minimum absolute atomic E-state index is 0.0741. The van der Waals surface area contributed by atoms with Crippen LogP contribution in [0.4, 0.5) is 10.8 Å². The van der Waals surface area contributed by atoms with E-state index in [4.69, 9.17) is 9.47 Å². The molecule has 0 unspecified atom stereocenters. The Labute approximate surface area is 161 Å². The maximum atomic E-state index is 12.5. The van der Waals surface area contributed by atoms with Gasteiger partial charge in [0.25, 0.3) is 0 Å². The molecule has 9 heteroatoms. The Bertz CT molecular complexity index is 793. The largest absolute Gasteiger partial charge is 0.497 e. The maximum Gasteiger partial charge on any atom is 0.231 e. The topological polar surface area (TPSA) is 93.7 Å². The van der Waals surface area contributed by atoms with Gasteiger partial charge in [0, 0.05) is 31.7 Å². The molecule has 1 aliphatic rings. The molecule has 27 heavy (non-hydrogen) atoms. The molecule has 1 atom stereocenters. The van der Waals surface area contributed by atoms with Crippen LogP contribution in [-0.2, 0) is 20.7 Å². The summed E-state index contributed by atoms with van der Waals surface area (Å²) in [7, 11) is 1.59. The highest BCUT2D eigenvalue weighted by molar-refractivity contribution is 7.15. The zero-order valence-electron chi connectivity index (χ0n) is 15.3. The Morgan fingerprint density at radius 1 is 1.33 bits per heavy atom. The zero-order valence-corrected chi connectivity index (χ0v) is 16.1. The van der Waals surface area contributed by atoms with Gasteiger partial charge >= 0.3 is 0 Å². The number of aromatic nitrogens is 2. The van der Waals surface area contributed by atoms with Gasteiger partial charge in [-0.3, -0.25) is 9.59 Å². The van der Waals surface area contributed by atoms with E-state index in [-0.39, 0.29) is 18.2 Å². The number of methoxy groups -OCH3 is 1. The van der Waals surface area contributed by atoms with E-state index in [1.165, 1.54) is 11.3 Å². The molecule has 1 aromatic heterocycles. The fraction of sp³-hybridized carbons (Fsp3) is 0.444. The number of nitrogens with zero attached hydrogens (tertiary/aromatic N) is 3. The summed E-state index contributed by atoms with van der Waals surface area (Å²) in [5, 5.41) is 12.1. The van der Waals surface area contributed by atoms with Gasteiger partial charge in [-0.05, 0) is 31.2 Å². The minimum Gasteiger partial charge on any atom is -0.497 e. The summed E-state index contributed by atoms with van der Waals surface area (Å²) in [6.45, 7) is 3.51. The minimum atomic E-state index is -0.421. The van der Waals surface area contributed by atoms with E-state index in [1.807, 2.05) is 19.1 Å². The third kappa shape index (κ3) is 4.81. The summed E-state index contributed by atoms with van der Waals surface area (Å²) in [6.07, 6.45) is 0.836. The smallest absolute Gasteiger partial charge is 0.231 e. The molecule has 0 spiro atoms. The van der Waals surface area contributed by atoms with Crippen LogP contribution in [0.3, 0.4) is 0 Å². The van der Waals surface area contributed by atoms with E-state index >= 15 is 0 Å². The van der Waals surface area contributed by atoms with Crippen molar-refractivity contribution in [1.82, 2.24) is 10.2 Å². The van der Waals surface area contributed by atoms with Gasteiger partial charge in [0.1, 0.15) is 10.8 Å². The number of hydrogen-bond acceptors (Lipinski definition) is 7. The first-order valence-corrected chi connectivity index (χ1v) is 9.57. The van der Waals surface area contributed by atoms with Crippen molar-refractivity contribution in [1.29, 1.82) is 0 Å². The predicted octanol–water partition coefficient (Wildman–Crippen LogP) is 2.12. The predicted molar refractivity (Wildman–Crippen MR) is 102 cm³/mol. The molecule has 0 radical (unpaired) electrons. The van der Waals surface area contributed by atoms with E-state index in [0.717, 1.165) is 16.4 Å². The average molecular weight is 390 g/mol. The number of hydrogen-bond donors (Lipinski definition) is 1. The quantitative estimate of drug-likeness (QED) is 0.694. The van der Waals surface area contributed by atoms with Crippen molar-refractivity contribution in [3.05, 3.63) is 29.3 Å². The molecule has 1 aliphatic heterocycles. The van der Waals surface area contributed by atoms with E-state index in [0.29, 0.717) is 31.3 Å². The molecule has 2 aromatic rings. The van der Waals surface area contributed by atoms with E-state index < -0.39 is 5.92 Å². The summed E-state index contributed by atoms with van der Waals surface area (Å²) in [5.74, 6) is 0.00771. The Morgan fingerprint density at radius 3 is 2.81 bits per heavy atom. The van der Waals surface area contributed by atoms with Gasteiger partial charge in [0.2, 0.25) is 16.9 Å². The number of rotatable bonds is 8. The number of ether oxygens (including phenoxy) is 2. The van der Waals surface area contributed by atoms with Gasteiger partial charge in [-0.15, -0.1) is 10.2 Å². The summed E-state index contributed by atoms with van der Waals surface area (Å²) < 4.78 is 10.4. The fourth-order valence-corrected chi connectivity index (χ4v) is 3.53. The zero-order chi connectivity index (χ0) is 19.2. The first-order chi connectivity index (χ1) is 13.1. The highest BCUT2D eigenvalue weighted by Crippen LogP contribution is 2.28. The van der Waals surface area contributed by atoms with Crippen molar-refractivity contribution in [3.63, 3.8) is 0 Å². The number of carbonyl (C=O) groups is 2. The SMILES string of the molecule is CCOCCc1nnc(NC(=O)[C@H]2CC(=O)N(c3ccc(OC)cc3)C2)s1. The third-order valence-electron chi connectivity index (χ3n) is 4.24. The summed E-state index contributed by atoms with van der Waals surface area (Å²) >= 11 is 1.33. The summed E-state index contributed by atoms with van der Waals surface area (Å²) in [4.78, 5) is 26.5. The Morgan fingerprint density at radius 2 is 2.11 bits per heavy atom. The highest BCUT2D eigenvalue weighted by Gasteiger charge is 2.35. The van der Waals surface area contributed by atoms with E-state index in [1.54, 1.807) is 24.1 Å². The number of nitrogens with one attached hydrogen (secondary N) is 1. The van der Waals surface area contributed by atoms with Crippen LogP contribution >= 0.6 is 11.3 Å². The number of carbonyl (C=O) groups excluding carboxylic acids is 2. The van der Waals surface area contributed by atoms with Gasteiger partial charge in [-0.2, -0.15) is 0 Å². The highest BCUT2D eigenvalue weighted by atomic mass is 32.1. The van der Waals surface area contributed by atoms with Crippen molar-refractivity contribution in [2.45, 2.75) is 19.8 Å². The molecule has 0 aliphatic carbocycles. The molecule has 1 saturated heterocycles. The van der Waals surface area contributed by atoms with Crippen LogP contribution in [0.1, 0.15) is 18.4 Å². The molecule has 3 rings (SSSR count). The molecule has 0 bridgehead atoms. The van der Waals surface area contributed by atoms with Gasteiger partial charge in [0.15, 0.2) is 0 Å². The van der Waals surface area contributed by atoms with Crippen LogP contribution in [-0.4, -0.2) is 48.9 Å². The standard InChI is InChI=1S/C18H22N4O4S/c1-3-26-9-8-15-20-21-18(27-15)19-17(24)12-10-16(23)22(11-12)13-4-6-14(25-2)7-5-13/h4-7,12H,3,8-11H2,1-2H3,(H,19,21,24)/t12-/m0/s1. The molecule has 1 N–H and O–H groups in total. The van der Waals surface area contributed by atoms with Crippen LogP contribution in [0.5, 0.6) is 5.75 Å². The maximum absolute atomic E-state index is 12.5. The Hall–Kier alpha value is -2.52. The molecule has 8 nitrogen and oxygen atoms in total. The van der Waals surface area contributed by atoms with Crippen molar-refractivity contribution >= 4 is 34.0 Å². The average Bonchev–Trinajstić information content (AvgIpc) is 3.28. The first kappa shape index (κ1) is 19.2. The lowest BCUT2D eigenvalue weighted by Gasteiger charge is -2.16. The van der Waals surface area contributed by atoms with Crippen LogP contribution in [0.2, 0.25) is 0 Å². The van der Waals surface area contributed by atoms with Crippen molar-refractivity contribution in [3.8, 4) is 5.75 Å². The summed E-state index contributed by atoms with van der Waals surface area (Å²) in [5.41, 5.74) is 0.755. The normalized spacial score (nSPS) is 16.6. The molecular weight excluding hydrogens is 368 g/mol. The fourth-order valence-electron chi connectivity index (χ4n) is 2.81. The molecular formula is C18H22N4O4S. The second-order valence-electron chi connectivity index (χ2n) is 6.04. The van der Waals surface area contributed by atoms with Crippen LogP contribution in [0, 0.1) is 5.92 Å². The van der Waals surface area contributed by atoms with Gasteiger partial charge < -0.3 is 19.7 Å². The van der Waals surface area contributed by atoms with Crippen molar-refractivity contribution in [2.75, 3.05) is 37.1 Å². The van der Waals surface area contributed by atoms with E-state index in [2.05, 4.69) is 15.5 Å². The number of benzene rings is 1. The lowest BCUT2D eigenvalue weighted by Crippen LogP contribution is -2.28. The monoisotopic (exact) mass is 390 g/mol. The Kier molecular flexibility index (Phi) is 6.36. The number of anilines is 2. The van der Waals surface area contributed by atoms with Crippen molar-refractivity contribution < 1.29 is 19.1 Å². The lowest BCUT2D eigenvalue weighted by atomic mass is 10.1. The molecule has 2 heterocycles. The first-order valence-electron chi connectivity index (χ1n) is 8.76. The van der Waals surface area contributed by atoms with Gasteiger partial charge in [-0.1, -0.05) is 11.3 Å². The second-order valence-corrected chi connectivity index (χ2v) is 7.10. The molecule has 0 saturated carbocycles.